The lowest BCUT2D eigenvalue weighted by Crippen LogP contribution is -2.73. The molecule has 2 aliphatic carbocycles. The first kappa shape index (κ1) is 14.2. The van der Waals surface area contributed by atoms with E-state index in [-0.39, 0.29) is 25.7 Å². The second-order valence-corrected chi connectivity index (χ2v) is 7.92. The summed E-state index contributed by atoms with van der Waals surface area (Å²) in [4.78, 5) is 0. The number of halogens is 6. The highest BCUT2D eigenvalue weighted by molar-refractivity contribution is 5.59. The highest BCUT2D eigenvalue weighted by Gasteiger charge is 3.08. The minimum Gasteiger partial charge on any atom is -0.358 e. The Morgan fingerprint density at radius 1 is 0.542 bits per heavy atom. The van der Waals surface area contributed by atoms with Gasteiger partial charge in [0.05, 0.1) is 0 Å². The van der Waals surface area contributed by atoms with Gasteiger partial charge in [0.15, 0.2) is 10.8 Å². The predicted molar refractivity (Wildman–Crippen MR) is 66.8 cm³/mol. The maximum atomic E-state index is 14.6. The first-order valence-corrected chi connectivity index (χ1v) is 7.94. The average molecular weight is 350 g/mol. The van der Waals surface area contributed by atoms with Gasteiger partial charge in [-0.15, -0.1) is 0 Å². The third-order valence-corrected chi connectivity index (χ3v) is 7.66. The summed E-state index contributed by atoms with van der Waals surface area (Å²) in [6, 6.07) is 0. The molecule has 0 N–H and O–H groups in total. The smallest absolute Gasteiger partial charge is 0.358 e. The van der Waals surface area contributed by atoms with Crippen molar-refractivity contribution < 1.29 is 35.8 Å². The first-order valence-electron chi connectivity index (χ1n) is 7.94. The van der Waals surface area contributed by atoms with Crippen LogP contribution < -0.4 is 0 Å². The Bertz CT molecular complexity index is 662. The lowest BCUT2D eigenvalue weighted by atomic mass is 9.44. The fourth-order valence-corrected chi connectivity index (χ4v) is 7.53. The molecule has 4 aliphatic heterocycles. The fraction of sp³-hybridized carbons (Fsp3) is 0.750. The van der Waals surface area contributed by atoms with E-state index in [1.807, 2.05) is 0 Å². The molecule has 0 radical (unpaired) electrons. The molecule has 2 saturated heterocycles. The van der Waals surface area contributed by atoms with Crippen molar-refractivity contribution in [1.29, 1.82) is 0 Å². The molecule has 4 fully saturated rings. The van der Waals surface area contributed by atoms with Crippen molar-refractivity contribution in [3.8, 4) is 0 Å². The zero-order chi connectivity index (χ0) is 17.1. The maximum absolute atomic E-state index is 14.6. The van der Waals surface area contributed by atoms with Crippen molar-refractivity contribution >= 4 is 0 Å². The van der Waals surface area contributed by atoms with Crippen LogP contribution in [0.1, 0.15) is 25.7 Å². The highest BCUT2D eigenvalue weighted by Crippen LogP contribution is 2.94. The molecule has 0 aromatic carbocycles. The molecule has 0 aromatic rings. The summed E-state index contributed by atoms with van der Waals surface area (Å²) in [6.45, 7) is 0. The monoisotopic (exact) mass is 350 g/mol. The molecule has 4 bridgehead atoms. The first-order chi connectivity index (χ1) is 11.0. The van der Waals surface area contributed by atoms with Gasteiger partial charge < -0.3 is 9.47 Å². The third-order valence-electron chi connectivity index (χ3n) is 7.66. The zero-order valence-corrected chi connectivity index (χ0v) is 12.2. The van der Waals surface area contributed by atoms with E-state index in [0.717, 1.165) is 0 Å². The summed E-state index contributed by atoms with van der Waals surface area (Å²) >= 11 is 0. The molecule has 2 nitrogen and oxygen atoms in total. The SMILES string of the molecule is FC(F)(F)C12C3(C(F)(F)F)[C@@]45C=C[C@]1(CC[C@]21C=C[C@@]3(CC4)O1)O5. The van der Waals surface area contributed by atoms with E-state index in [4.69, 9.17) is 9.47 Å². The highest BCUT2D eigenvalue weighted by atomic mass is 19.4. The summed E-state index contributed by atoms with van der Waals surface area (Å²) in [5.41, 5.74) is -14.2. The van der Waals surface area contributed by atoms with Crippen LogP contribution in [0.2, 0.25) is 0 Å². The summed E-state index contributed by atoms with van der Waals surface area (Å²) in [7, 11) is 0. The van der Waals surface area contributed by atoms with E-state index >= 15 is 0 Å². The van der Waals surface area contributed by atoms with E-state index in [0.29, 0.717) is 0 Å². The van der Waals surface area contributed by atoms with Crippen molar-refractivity contribution in [3.05, 3.63) is 24.3 Å². The topological polar surface area (TPSA) is 18.5 Å². The van der Waals surface area contributed by atoms with Crippen molar-refractivity contribution in [2.24, 2.45) is 10.8 Å². The molecule has 8 heteroatoms. The third kappa shape index (κ3) is 0.805. The Morgan fingerprint density at radius 3 is 1.00 bits per heavy atom. The largest absolute Gasteiger partial charge is 0.401 e. The van der Waals surface area contributed by atoms with E-state index in [2.05, 4.69) is 0 Å². The van der Waals surface area contributed by atoms with Crippen LogP contribution in [0.3, 0.4) is 0 Å². The standard InChI is InChI=1S/C16H12F6O2/c17-15(18,19)13-9-1-2-10(13)7-8-12(24-10)4-3-11(23-9,6-5-9)14(12,13)16(20,21)22/h5-8H,1-4H2/t9-,10-,11-,12+,13?,14?/m0/s1. The van der Waals surface area contributed by atoms with Crippen LogP contribution in [0, 0.1) is 10.8 Å². The van der Waals surface area contributed by atoms with Crippen LogP contribution in [0.5, 0.6) is 0 Å². The zero-order valence-electron chi connectivity index (χ0n) is 12.2. The van der Waals surface area contributed by atoms with E-state index in [9.17, 15) is 26.3 Å². The molecule has 130 valence electrons. The Morgan fingerprint density at radius 2 is 0.792 bits per heavy atom. The van der Waals surface area contributed by atoms with Gasteiger partial charge in [0.25, 0.3) is 0 Å². The van der Waals surface area contributed by atoms with Crippen molar-refractivity contribution in [2.75, 3.05) is 0 Å². The Kier molecular flexibility index (Phi) is 1.76. The van der Waals surface area contributed by atoms with Gasteiger partial charge in [0, 0.05) is 0 Å². The van der Waals surface area contributed by atoms with Gasteiger partial charge in [-0.3, -0.25) is 0 Å². The van der Waals surface area contributed by atoms with E-state index in [1.54, 1.807) is 0 Å². The molecule has 2 saturated carbocycles. The Labute approximate surface area is 132 Å². The number of ether oxygens (including phenoxy) is 2. The Balaban J connectivity index is 1.87. The van der Waals surface area contributed by atoms with Crippen LogP contribution >= 0.6 is 0 Å². The van der Waals surface area contributed by atoms with Gasteiger partial charge in [0.1, 0.15) is 22.4 Å². The van der Waals surface area contributed by atoms with Gasteiger partial charge in [-0.2, -0.15) is 26.3 Å². The summed E-state index contributed by atoms with van der Waals surface area (Å²) in [5, 5.41) is 0. The predicted octanol–water partition coefficient (Wildman–Crippen LogP) is 3.83. The molecular weight excluding hydrogens is 338 g/mol. The molecule has 4 heterocycles. The van der Waals surface area contributed by atoms with Crippen LogP contribution in [0.4, 0.5) is 26.3 Å². The maximum Gasteiger partial charge on any atom is 0.401 e. The molecule has 4 spiro atoms. The molecule has 6 rings (SSSR count). The molecule has 6 aliphatic rings. The Hall–Kier alpha value is -1.02. The summed E-state index contributed by atoms with van der Waals surface area (Å²) in [6.07, 6.45) is -5.72. The number of hydrogen-bond donors (Lipinski definition) is 0. The lowest BCUT2D eigenvalue weighted by molar-refractivity contribution is -0.347. The van der Waals surface area contributed by atoms with Crippen molar-refractivity contribution in [3.63, 3.8) is 0 Å². The minimum absolute atomic E-state index is 0.122. The average Bonchev–Trinajstić information content (AvgIpc) is 3.20. The van der Waals surface area contributed by atoms with Crippen LogP contribution in [0.15, 0.2) is 24.3 Å². The molecule has 0 amide bonds. The number of alkyl halides is 6. The van der Waals surface area contributed by atoms with Crippen LogP contribution in [-0.4, -0.2) is 34.8 Å². The second kappa shape index (κ2) is 2.98. The quantitative estimate of drug-likeness (QED) is 0.488. The number of rotatable bonds is 0. The van der Waals surface area contributed by atoms with Crippen LogP contribution in [0.25, 0.3) is 0 Å². The fourth-order valence-electron chi connectivity index (χ4n) is 7.53. The molecule has 6 atom stereocenters. The van der Waals surface area contributed by atoms with Crippen molar-refractivity contribution in [1.82, 2.24) is 0 Å². The van der Waals surface area contributed by atoms with Gasteiger partial charge in [0.2, 0.25) is 0 Å². The van der Waals surface area contributed by atoms with Gasteiger partial charge in [-0.25, -0.2) is 0 Å². The van der Waals surface area contributed by atoms with Gasteiger partial charge >= 0.3 is 12.4 Å². The van der Waals surface area contributed by atoms with Gasteiger partial charge in [-0.05, 0) is 25.7 Å². The minimum atomic E-state index is -5.11. The van der Waals surface area contributed by atoms with E-state index < -0.39 is 45.6 Å². The molecular formula is C16H12F6O2. The van der Waals surface area contributed by atoms with Crippen molar-refractivity contribution in [2.45, 2.75) is 60.4 Å². The normalized spacial score (nSPS) is 61.4. The van der Waals surface area contributed by atoms with E-state index in [1.165, 1.54) is 24.3 Å². The molecule has 0 aromatic heterocycles. The lowest BCUT2D eigenvalue weighted by Gasteiger charge is -2.55. The summed E-state index contributed by atoms with van der Waals surface area (Å²) in [5.74, 6) is 0. The second-order valence-electron chi connectivity index (χ2n) is 7.92. The molecule has 24 heavy (non-hydrogen) atoms. The summed E-state index contributed by atoms with van der Waals surface area (Å²) < 4.78 is 98.9. The number of hydrogen-bond acceptors (Lipinski definition) is 2. The van der Waals surface area contributed by atoms with Gasteiger partial charge in [-0.1, -0.05) is 24.3 Å². The van der Waals surface area contributed by atoms with Crippen LogP contribution in [-0.2, 0) is 9.47 Å². The molecule has 2 unspecified atom stereocenters.